The van der Waals surface area contributed by atoms with Crippen LogP contribution in [0, 0.1) is 20.8 Å². The van der Waals surface area contributed by atoms with E-state index in [1.807, 2.05) is 25.1 Å². The molecule has 0 bridgehead atoms. The third kappa shape index (κ3) is 3.99. The number of benzene rings is 1. The lowest BCUT2D eigenvalue weighted by atomic mass is 10.1. The van der Waals surface area contributed by atoms with Gasteiger partial charge in [0.25, 0.3) is 0 Å². The maximum absolute atomic E-state index is 5.64. The summed E-state index contributed by atoms with van der Waals surface area (Å²) in [6.45, 7) is 7.84. The van der Waals surface area contributed by atoms with E-state index < -0.39 is 0 Å². The van der Waals surface area contributed by atoms with Crippen molar-refractivity contribution in [3.63, 3.8) is 0 Å². The number of hydrogen-bond donors (Lipinski definition) is 2. The average Bonchev–Trinajstić information content (AvgIpc) is 3.03. The van der Waals surface area contributed by atoms with Gasteiger partial charge in [-0.25, -0.2) is 4.98 Å². The predicted octanol–water partition coefficient (Wildman–Crippen LogP) is 3.74. The van der Waals surface area contributed by atoms with Gasteiger partial charge < -0.3 is 15.4 Å². The Balaban J connectivity index is 1.73. The minimum Gasteiger partial charge on any atom is -0.376 e. The fraction of sp³-hybridized carbons (Fsp3) is 0.444. The topological polar surface area (TPSA) is 59.1 Å². The Bertz CT molecular complexity index is 681. The molecule has 1 aromatic heterocycles. The maximum atomic E-state index is 5.64. The summed E-state index contributed by atoms with van der Waals surface area (Å²) < 4.78 is 5.64. The van der Waals surface area contributed by atoms with Crippen LogP contribution < -0.4 is 10.6 Å². The number of aromatic nitrogens is 2. The van der Waals surface area contributed by atoms with Crippen molar-refractivity contribution < 1.29 is 4.74 Å². The minimum atomic E-state index is 0.292. The third-order valence-corrected chi connectivity index (χ3v) is 4.24. The molecule has 0 amide bonds. The highest BCUT2D eigenvalue weighted by Crippen LogP contribution is 2.22. The standard InChI is InChI=1S/C18H24N4O/c1-12-6-4-8-16(14(12)3)21-18-20-13(2)10-17(22-18)19-11-15-7-5-9-23-15/h4,6,8,10,15H,5,7,9,11H2,1-3H3,(H2,19,20,21,22). The largest absolute Gasteiger partial charge is 0.376 e. The lowest BCUT2D eigenvalue weighted by Gasteiger charge is -2.14. The van der Waals surface area contributed by atoms with Gasteiger partial charge in [-0.3, -0.25) is 0 Å². The van der Waals surface area contributed by atoms with Crippen molar-refractivity contribution >= 4 is 17.5 Å². The third-order valence-electron chi connectivity index (χ3n) is 4.24. The molecule has 2 N–H and O–H groups in total. The molecule has 1 aliphatic heterocycles. The van der Waals surface area contributed by atoms with Crippen molar-refractivity contribution in [3.8, 4) is 0 Å². The SMILES string of the molecule is Cc1cc(NCC2CCCO2)nc(Nc2cccc(C)c2C)n1. The molecule has 2 aromatic rings. The maximum Gasteiger partial charge on any atom is 0.229 e. The van der Waals surface area contributed by atoms with Crippen LogP contribution >= 0.6 is 0 Å². The monoisotopic (exact) mass is 312 g/mol. The van der Waals surface area contributed by atoms with Gasteiger partial charge in [0, 0.05) is 30.6 Å². The van der Waals surface area contributed by atoms with Gasteiger partial charge in [-0.15, -0.1) is 0 Å². The van der Waals surface area contributed by atoms with Crippen molar-refractivity contribution in [1.29, 1.82) is 0 Å². The van der Waals surface area contributed by atoms with Crippen molar-refractivity contribution in [2.75, 3.05) is 23.8 Å². The molecule has 0 saturated carbocycles. The summed E-state index contributed by atoms with van der Waals surface area (Å²) in [6, 6.07) is 8.15. The summed E-state index contributed by atoms with van der Waals surface area (Å²) in [5, 5.41) is 6.69. The van der Waals surface area contributed by atoms with Crippen LogP contribution in [0.4, 0.5) is 17.5 Å². The number of nitrogens with one attached hydrogen (secondary N) is 2. The van der Waals surface area contributed by atoms with Crippen LogP contribution in [0.25, 0.3) is 0 Å². The zero-order valence-electron chi connectivity index (χ0n) is 14.0. The van der Waals surface area contributed by atoms with E-state index in [1.165, 1.54) is 11.1 Å². The van der Waals surface area contributed by atoms with Gasteiger partial charge in [0.2, 0.25) is 5.95 Å². The van der Waals surface area contributed by atoms with E-state index in [2.05, 4.69) is 40.5 Å². The zero-order chi connectivity index (χ0) is 16.2. The number of ether oxygens (including phenoxy) is 1. The first-order valence-corrected chi connectivity index (χ1v) is 8.16. The van der Waals surface area contributed by atoms with Crippen LogP contribution in [-0.2, 0) is 4.74 Å². The Morgan fingerprint density at radius 3 is 2.87 bits per heavy atom. The average molecular weight is 312 g/mol. The molecule has 0 radical (unpaired) electrons. The molecule has 1 aliphatic rings. The Kier molecular flexibility index (Phi) is 4.76. The lowest BCUT2D eigenvalue weighted by Crippen LogP contribution is -2.19. The molecule has 5 heteroatoms. The molecule has 0 spiro atoms. The molecule has 1 saturated heterocycles. The molecule has 23 heavy (non-hydrogen) atoms. The Labute approximate surface area is 137 Å². The lowest BCUT2D eigenvalue weighted by molar-refractivity contribution is 0.120. The second-order valence-electron chi connectivity index (χ2n) is 6.11. The van der Waals surface area contributed by atoms with Crippen LogP contribution in [-0.4, -0.2) is 29.2 Å². The van der Waals surface area contributed by atoms with Crippen molar-refractivity contribution in [2.24, 2.45) is 0 Å². The first kappa shape index (κ1) is 15.7. The zero-order valence-corrected chi connectivity index (χ0v) is 14.0. The van der Waals surface area contributed by atoms with E-state index in [0.717, 1.165) is 43.2 Å². The number of rotatable bonds is 5. The fourth-order valence-corrected chi connectivity index (χ4v) is 2.75. The second kappa shape index (κ2) is 6.96. The van der Waals surface area contributed by atoms with E-state index >= 15 is 0 Å². The summed E-state index contributed by atoms with van der Waals surface area (Å²) in [6.07, 6.45) is 2.56. The van der Waals surface area contributed by atoms with Gasteiger partial charge in [0.1, 0.15) is 5.82 Å². The molecule has 1 atom stereocenters. The molecule has 1 aromatic carbocycles. The van der Waals surface area contributed by atoms with Crippen molar-refractivity contribution in [1.82, 2.24) is 9.97 Å². The number of hydrogen-bond acceptors (Lipinski definition) is 5. The van der Waals surface area contributed by atoms with Crippen LogP contribution in [0.5, 0.6) is 0 Å². The summed E-state index contributed by atoms with van der Waals surface area (Å²) in [5.74, 6) is 1.45. The fourth-order valence-electron chi connectivity index (χ4n) is 2.75. The molecule has 5 nitrogen and oxygen atoms in total. The number of anilines is 3. The molecule has 2 heterocycles. The van der Waals surface area contributed by atoms with Gasteiger partial charge in [0.15, 0.2) is 0 Å². The second-order valence-corrected chi connectivity index (χ2v) is 6.11. The summed E-state index contributed by atoms with van der Waals surface area (Å²) in [7, 11) is 0. The van der Waals surface area contributed by atoms with E-state index in [9.17, 15) is 0 Å². The minimum absolute atomic E-state index is 0.292. The summed E-state index contributed by atoms with van der Waals surface area (Å²) >= 11 is 0. The van der Waals surface area contributed by atoms with Crippen LogP contribution in [0.3, 0.4) is 0 Å². The highest BCUT2D eigenvalue weighted by atomic mass is 16.5. The molecular formula is C18H24N4O. The van der Waals surface area contributed by atoms with Gasteiger partial charge in [0.05, 0.1) is 6.10 Å². The van der Waals surface area contributed by atoms with Crippen molar-refractivity contribution in [3.05, 3.63) is 41.1 Å². The first-order chi connectivity index (χ1) is 11.1. The summed E-state index contributed by atoms with van der Waals surface area (Å²) in [4.78, 5) is 9.06. The summed E-state index contributed by atoms with van der Waals surface area (Å²) in [5.41, 5.74) is 4.44. The predicted molar refractivity (Wildman–Crippen MR) is 93.4 cm³/mol. The normalized spacial score (nSPS) is 17.3. The Hall–Kier alpha value is -2.14. The van der Waals surface area contributed by atoms with E-state index in [-0.39, 0.29) is 0 Å². The van der Waals surface area contributed by atoms with Gasteiger partial charge in [-0.05, 0) is 50.8 Å². The van der Waals surface area contributed by atoms with Gasteiger partial charge in [-0.2, -0.15) is 4.98 Å². The van der Waals surface area contributed by atoms with Gasteiger partial charge >= 0.3 is 0 Å². The molecule has 1 fully saturated rings. The molecule has 3 rings (SSSR count). The highest BCUT2D eigenvalue weighted by Gasteiger charge is 2.15. The first-order valence-electron chi connectivity index (χ1n) is 8.16. The number of nitrogens with zero attached hydrogens (tertiary/aromatic N) is 2. The molecular weight excluding hydrogens is 288 g/mol. The Morgan fingerprint density at radius 2 is 2.09 bits per heavy atom. The molecule has 0 aliphatic carbocycles. The Morgan fingerprint density at radius 1 is 1.22 bits per heavy atom. The van der Waals surface area contributed by atoms with Crippen molar-refractivity contribution in [2.45, 2.75) is 39.7 Å². The highest BCUT2D eigenvalue weighted by molar-refractivity contribution is 5.61. The van der Waals surface area contributed by atoms with Crippen LogP contribution in [0.1, 0.15) is 29.7 Å². The van der Waals surface area contributed by atoms with Crippen LogP contribution in [0.15, 0.2) is 24.3 Å². The van der Waals surface area contributed by atoms with Crippen LogP contribution in [0.2, 0.25) is 0 Å². The van der Waals surface area contributed by atoms with E-state index in [1.54, 1.807) is 0 Å². The van der Waals surface area contributed by atoms with E-state index in [0.29, 0.717) is 12.1 Å². The molecule has 1 unspecified atom stereocenters. The van der Waals surface area contributed by atoms with Gasteiger partial charge in [-0.1, -0.05) is 12.1 Å². The molecule has 122 valence electrons. The quantitative estimate of drug-likeness (QED) is 0.881. The number of aryl methyl sites for hydroxylation is 2. The van der Waals surface area contributed by atoms with E-state index in [4.69, 9.17) is 4.74 Å². The smallest absolute Gasteiger partial charge is 0.229 e.